The van der Waals surface area contributed by atoms with Crippen LogP contribution in [0.3, 0.4) is 0 Å². The molecule has 1 aliphatic heterocycles. The quantitative estimate of drug-likeness (QED) is 0.467. The average Bonchev–Trinajstić information content (AvgIpc) is 3.55. The molecule has 0 radical (unpaired) electrons. The maximum atomic E-state index is 11.1. The van der Waals surface area contributed by atoms with Gasteiger partial charge in [-0.15, -0.1) is 0 Å². The van der Waals surface area contributed by atoms with Gasteiger partial charge < -0.3 is 21.1 Å². The topological polar surface area (TPSA) is 167 Å². The Morgan fingerprint density at radius 2 is 1.53 bits per heavy atom. The highest BCUT2D eigenvalue weighted by Crippen LogP contribution is 2.46. The van der Waals surface area contributed by atoms with E-state index in [0.29, 0.717) is 18.8 Å². The Bertz CT molecular complexity index is 799. The molecule has 4 fully saturated rings. The number of fused-ring (bicyclic) bond motifs is 2. The van der Waals surface area contributed by atoms with Crippen LogP contribution in [-0.2, 0) is 19.2 Å². The lowest BCUT2D eigenvalue weighted by atomic mass is 9.98. The van der Waals surface area contributed by atoms with Gasteiger partial charge >= 0.3 is 17.9 Å². The van der Waals surface area contributed by atoms with Gasteiger partial charge in [0.1, 0.15) is 17.9 Å². The van der Waals surface area contributed by atoms with Gasteiger partial charge in [-0.05, 0) is 75.5 Å². The third kappa shape index (κ3) is 6.87. The van der Waals surface area contributed by atoms with Crippen molar-refractivity contribution in [2.45, 2.75) is 95.6 Å². The molecule has 0 bridgehead atoms. The number of carbonyl (C=O) groups is 4. The van der Waals surface area contributed by atoms with Crippen LogP contribution in [0.1, 0.15) is 83.5 Å². The van der Waals surface area contributed by atoms with E-state index in [0.717, 1.165) is 62.5 Å². The van der Waals surface area contributed by atoms with Gasteiger partial charge in [0.25, 0.3) is 0 Å². The van der Waals surface area contributed by atoms with E-state index in [1.807, 2.05) is 0 Å². The Morgan fingerprint density at radius 1 is 0.882 bits per heavy atom. The van der Waals surface area contributed by atoms with Crippen molar-refractivity contribution in [1.82, 2.24) is 0 Å². The van der Waals surface area contributed by atoms with E-state index in [2.05, 4.69) is 4.99 Å². The summed E-state index contributed by atoms with van der Waals surface area (Å²) in [7, 11) is 0. The first kappa shape index (κ1) is 26.3. The van der Waals surface area contributed by atoms with Crippen LogP contribution >= 0.6 is 0 Å². The summed E-state index contributed by atoms with van der Waals surface area (Å²) < 4.78 is 0. The van der Waals surface area contributed by atoms with Gasteiger partial charge in [0.15, 0.2) is 0 Å². The number of rotatable bonds is 5. The lowest BCUT2D eigenvalue weighted by Crippen LogP contribution is -2.33. The van der Waals surface area contributed by atoms with E-state index in [9.17, 15) is 19.2 Å². The zero-order valence-corrected chi connectivity index (χ0v) is 19.7. The van der Waals surface area contributed by atoms with E-state index in [1.165, 1.54) is 25.7 Å². The fourth-order valence-corrected chi connectivity index (χ4v) is 6.31. The number of nitrogens with zero attached hydrogens (tertiary/aromatic N) is 1. The van der Waals surface area contributed by atoms with Gasteiger partial charge in [-0.3, -0.25) is 19.4 Å². The van der Waals surface area contributed by atoms with Crippen molar-refractivity contribution >= 4 is 29.4 Å². The summed E-state index contributed by atoms with van der Waals surface area (Å²) in [6, 6.07) is -1.30. The smallest absolute Gasteiger partial charge is 0.328 e. The minimum atomic E-state index is -1.02. The third-order valence-electron chi connectivity index (χ3n) is 8.20. The molecule has 5 aliphatic rings. The molecule has 0 aromatic carbocycles. The maximum Gasteiger partial charge on any atom is 0.328 e. The molecule has 9 nitrogen and oxygen atoms in total. The SMILES string of the molecule is N[C@@H](CC1CCCC1=O)C(=O)O.O=C(O)C1C[C@H]2CCC[C@H]2C1.O=C(O)[C@@H]1C[C@@H]2CCCC2=N1. The highest BCUT2D eigenvalue weighted by molar-refractivity contribution is 5.93. The molecule has 7 atom stereocenters. The molecule has 5 N–H and O–H groups in total. The summed E-state index contributed by atoms with van der Waals surface area (Å²) in [5.74, 6) is -0.252. The number of ketones is 1. The van der Waals surface area contributed by atoms with Crippen LogP contribution in [0.4, 0.5) is 0 Å². The molecule has 9 heteroatoms. The summed E-state index contributed by atoms with van der Waals surface area (Å²) >= 11 is 0. The number of carboxylic acid groups (broad SMARTS) is 3. The van der Waals surface area contributed by atoms with Crippen LogP contribution in [0, 0.1) is 29.6 Å². The van der Waals surface area contributed by atoms with Crippen LogP contribution in [0.2, 0.25) is 0 Å². The van der Waals surface area contributed by atoms with E-state index in [-0.39, 0.29) is 17.6 Å². The molecule has 0 spiro atoms. The maximum absolute atomic E-state index is 11.1. The van der Waals surface area contributed by atoms with Crippen molar-refractivity contribution in [2.24, 2.45) is 40.3 Å². The number of carbonyl (C=O) groups excluding carboxylic acids is 1. The number of hydrogen-bond acceptors (Lipinski definition) is 6. The van der Waals surface area contributed by atoms with E-state index < -0.39 is 30.0 Å². The Hall–Kier alpha value is -2.29. The van der Waals surface area contributed by atoms with Crippen LogP contribution in [0.15, 0.2) is 4.99 Å². The van der Waals surface area contributed by atoms with E-state index in [4.69, 9.17) is 21.1 Å². The molecule has 4 saturated carbocycles. The number of hydrogen-bond donors (Lipinski definition) is 4. The van der Waals surface area contributed by atoms with Crippen molar-refractivity contribution < 1.29 is 34.5 Å². The fraction of sp³-hybridized carbons (Fsp3) is 0.800. The van der Waals surface area contributed by atoms with Crippen molar-refractivity contribution in [3.8, 4) is 0 Å². The number of aliphatic carboxylic acids is 3. The van der Waals surface area contributed by atoms with Crippen LogP contribution in [-0.4, -0.2) is 56.8 Å². The normalized spacial score (nSPS) is 34.1. The zero-order valence-electron chi connectivity index (χ0n) is 19.7. The molecule has 0 saturated heterocycles. The van der Waals surface area contributed by atoms with Gasteiger partial charge in [0, 0.05) is 18.1 Å². The first-order valence-electron chi connectivity index (χ1n) is 12.7. The molecule has 1 heterocycles. The predicted molar refractivity (Wildman–Crippen MR) is 125 cm³/mol. The number of carboxylic acids is 3. The summed E-state index contributed by atoms with van der Waals surface area (Å²) in [6.07, 6.45) is 12.6. The fourth-order valence-electron chi connectivity index (χ4n) is 6.31. The molecular weight excluding hydrogens is 440 g/mol. The number of aliphatic imine (C=N–C) groups is 1. The van der Waals surface area contributed by atoms with Gasteiger partial charge in [0.05, 0.1) is 5.92 Å². The lowest BCUT2D eigenvalue weighted by Gasteiger charge is -2.10. The number of nitrogens with two attached hydrogens (primary N) is 1. The molecule has 0 aromatic rings. The average molecular weight is 479 g/mol. The Morgan fingerprint density at radius 3 is 2.03 bits per heavy atom. The van der Waals surface area contributed by atoms with Crippen LogP contribution in [0.25, 0.3) is 0 Å². The summed E-state index contributed by atoms with van der Waals surface area (Å²) in [5.41, 5.74) is 6.47. The minimum absolute atomic E-state index is 0.00898. The number of Topliss-reactive ketones (excluding diaryl/α,β-unsaturated/α-hetero) is 1. The van der Waals surface area contributed by atoms with Gasteiger partial charge in [-0.2, -0.15) is 0 Å². The van der Waals surface area contributed by atoms with E-state index in [1.54, 1.807) is 0 Å². The Balaban J connectivity index is 0.000000143. The van der Waals surface area contributed by atoms with Crippen LogP contribution < -0.4 is 5.73 Å². The molecule has 190 valence electrons. The molecule has 4 aliphatic carbocycles. The molecule has 5 rings (SSSR count). The molecule has 34 heavy (non-hydrogen) atoms. The van der Waals surface area contributed by atoms with Crippen molar-refractivity contribution in [3.63, 3.8) is 0 Å². The first-order chi connectivity index (χ1) is 16.2. The Kier molecular flexibility index (Phi) is 9.22. The second kappa shape index (κ2) is 11.9. The third-order valence-corrected chi connectivity index (χ3v) is 8.20. The molecule has 0 amide bonds. The highest BCUT2D eigenvalue weighted by atomic mass is 16.4. The lowest BCUT2D eigenvalue weighted by molar-refractivity contribution is -0.142. The summed E-state index contributed by atoms with van der Waals surface area (Å²) in [4.78, 5) is 46.8. The van der Waals surface area contributed by atoms with Crippen molar-refractivity contribution in [3.05, 3.63) is 0 Å². The van der Waals surface area contributed by atoms with Gasteiger partial charge in [0.2, 0.25) is 0 Å². The second-order valence-electron chi connectivity index (χ2n) is 10.5. The monoisotopic (exact) mass is 478 g/mol. The van der Waals surface area contributed by atoms with Crippen LogP contribution in [0.5, 0.6) is 0 Å². The zero-order chi connectivity index (χ0) is 24.8. The standard InChI is InChI=1S/C9H14O2.C8H13NO3.C8H11NO2/c10-9(11)8-4-6-2-1-3-7(6)5-8;9-6(8(11)12)4-5-2-1-3-7(5)10;10-8(11)7-4-5-2-1-3-6(5)9-7/h6-8H,1-5H2,(H,10,11);5-6H,1-4,9H2,(H,11,12);5,7H,1-4H2,(H,10,11)/t6-,7+,8?;5?,6-;5-,7-/m.00/s1. The van der Waals surface area contributed by atoms with Gasteiger partial charge in [-0.25, -0.2) is 4.79 Å². The second-order valence-corrected chi connectivity index (χ2v) is 10.5. The Labute approximate surface area is 200 Å². The van der Waals surface area contributed by atoms with Crippen molar-refractivity contribution in [2.75, 3.05) is 0 Å². The predicted octanol–water partition coefficient (Wildman–Crippen LogP) is 3.14. The van der Waals surface area contributed by atoms with E-state index >= 15 is 0 Å². The van der Waals surface area contributed by atoms with Crippen molar-refractivity contribution in [1.29, 1.82) is 0 Å². The minimum Gasteiger partial charge on any atom is -0.481 e. The molecule has 0 aromatic heterocycles. The first-order valence-corrected chi connectivity index (χ1v) is 12.7. The van der Waals surface area contributed by atoms with Gasteiger partial charge in [-0.1, -0.05) is 19.3 Å². The highest BCUT2D eigenvalue weighted by Gasteiger charge is 2.40. The largest absolute Gasteiger partial charge is 0.481 e. The summed E-state index contributed by atoms with van der Waals surface area (Å²) in [6.45, 7) is 0. The molecular formula is C25H38N2O7. The molecule has 2 unspecified atom stereocenters. The summed E-state index contributed by atoms with van der Waals surface area (Å²) in [5, 5.41) is 25.9.